The summed E-state index contributed by atoms with van der Waals surface area (Å²) in [6.45, 7) is 4.33. The number of anilines is 1. The standard InChI is InChI=1S/C25H25N3O5S/c1-4-31-25(30)21-22(29)20(13-16-14-27-23-18(16)6-5-9-26-23)33-24(21)28-19-8-7-17(12-15(19)2)32-10-11-34-3/h5-9,12-14,28H,4,10-11H2,1-3H3,(H,26,27)/b20-13-. The first-order valence-electron chi connectivity index (χ1n) is 10.8. The van der Waals surface area contributed by atoms with Crippen LogP contribution in [-0.2, 0) is 19.1 Å². The molecule has 2 aromatic heterocycles. The number of ether oxygens (including phenoxy) is 3. The Morgan fingerprint density at radius 1 is 1.32 bits per heavy atom. The summed E-state index contributed by atoms with van der Waals surface area (Å²) < 4.78 is 16.7. The van der Waals surface area contributed by atoms with E-state index in [0.717, 1.165) is 28.0 Å². The average molecular weight is 480 g/mol. The molecule has 34 heavy (non-hydrogen) atoms. The van der Waals surface area contributed by atoms with Gasteiger partial charge in [0, 0.05) is 34.8 Å². The third-order valence-corrected chi connectivity index (χ3v) is 5.72. The molecule has 0 atom stereocenters. The summed E-state index contributed by atoms with van der Waals surface area (Å²) in [5.74, 6) is 0.403. The number of thioether (sulfide) groups is 1. The zero-order chi connectivity index (χ0) is 24.1. The van der Waals surface area contributed by atoms with Crippen LogP contribution in [0.5, 0.6) is 5.75 Å². The summed E-state index contributed by atoms with van der Waals surface area (Å²) in [6.07, 6.45) is 7.03. The minimum absolute atomic E-state index is 0.0185. The number of nitrogens with one attached hydrogen (secondary N) is 2. The number of esters is 1. The second-order valence-electron chi connectivity index (χ2n) is 7.45. The second kappa shape index (κ2) is 10.5. The van der Waals surface area contributed by atoms with Crippen LogP contribution in [0.25, 0.3) is 17.1 Å². The lowest BCUT2D eigenvalue weighted by atomic mass is 10.1. The van der Waals surface area contributed by atoms with Crippen molar-refractivity contribution in [2.45, 2.75) is 13.8 Å². The highest BCUT2D eigenvalue weighted by Gasteiger charge is 2.37. The fourth-order valence-electron chi connectivity index (χ4n) is 3.47. The molecule has 9 heteroatoms. The Balaban J connectivity index is 1.62. The number of carbonyl (C=O) groups is 2. The molecule has 0 fully saturated rings. The zero-order valence-electron chi connectivity index (χ0n) is 19.1. The molecule has 0 unspecified atom stereocenters. The van der Waals surface area contributed by atoms with E-state index >= 15 is 0 Å². The molecule has 1 aliphatic heterocycles. The third kappa shape index (κ3) is 4.94. The van der Waals surface area contributed by atoms with Crippen LogP contribution in [-0.4, -0.2) is 46.9 Å². The first-order chi connectivity index (χ1) is 16.5. The number of aromatic amines is 1. The van der Waals surface area contributed by atoms with E-state index in [-0.39, 0.29) is 23.8 Å². The highest BCUT2D eigenvalue weighted by molar-refractivity contribution is 7.98. The number of fused-ring (bicyclic) bond motifs is 1. The van der Waals surface area contributed by atoms with E-state index in [0.29, 0.717) is 17.9 Å². The first kappa shape index (κ1) is 23.4. The molecule has 2 N–H and O–H groups in total. The van der Waals surface area contributed by atoms with Crippen molar-refractivity contribution in [1.29, 1.82) is 0 Å². The number of rotatable bonds is 9. The van der Waals surface area contributed by atoms with E-state index in [9.17, 15) is 9.59 Å². The molecule has 0 radical (unpaired) electrons. The van der Waals surface area contributed by atoms with Crippen LogP contribution in [0.1, 0.15) is 18.1 Å². The fourth-order valence-corrected chi connectivity index (χ4v) is 3.72. The van der Waals surface area contributed by atoms with E-state index in [4.69, 9.17) is 14.2 Å². The number of hydrogen-bond acceptors (Lipinski definition) is 8. The summed E-state index contributed by atoms with van der Waals surface area (Å²) in [7, 11) is 0. The Hall–Kier alpha value is -3.72. The van der Waals surface area contributed by atoms with Crippen molar-refractivity contribution >= 4 is 46.3 Å². The van der Waals surface area contributed by atoms with Gasteiger partial charge in [0.2, 0.25) is 11.7 Å². The quantitative estimate of drug-likeness (QED) is 0.201. The summed E-state index contributed by atoms with van der Waals surface area (Å²) in [4.78, 5) is 33.1. The Bertz CT molecular complexity index is 1290. The largest absolute Gasteiger partial charge is 0.493 e. The lowest BCUT2D eigenvalue weighted by molar-refractivity contribution is -0.139. The molecule has 0 spiro atoms. The van der Waals surface area contributed by atoms with Gasteiger partial charge in [-0.15, -0.1) is 0 Å². The van der Waals surface area contributed by atoms with Gasteiger partial charge in [0.15, 0.2) is 11.3 Å². The molecular formula is C25H25N3O5S. The molecule has 0 amide bonds. The van der Waals surface area contributed by atoms with Crippen LogP contribution in [0.15, 0.2) is 59.9 Å². The van der Waals surface area contributed by atoms with E-state index in [2.05, 4.69) is 15.3 Å². The van der Waals surface area contributed by atoms with Crippen LogP contribution in [0.4, 0.5) is 5.69 Å². The molecule has 8 nitrogen and oxygen atoms in total. The van der Waals surface area contributed by atoms with Crippen molar-refractivity contribution in [3.8, 4) is 5.75 Å². The SMILES string of the molecule is CCOC(=O)C1=C(Nc2ccc(OCCSC)cc2C)O/C(=C\c2c[nH]c3ncccc23)C1=O. The van der Waals surface area contributed by atoms with Crippen molar-refractivity contribution < 1.29 is 23.8 Å². The van der Waals surface area contributed by atoms with E-state index in [1.54, 1.807) is 37.2 Å². The van der Waals surface area contributed by atoms with Gasteiger partial charge in [0.1, 0.15) is 11.4 Å². The molecular weight excluding hydrogens is 454 g/mol. The van der Waals surface area contributed by atoms with Crippen LogP contribution in [0.3, 0.4) is 0 Å². The number of nitrogens with zero attached hydrogens (tertiary/aromatic N) is 1. The number of hydrogen-bond donors (Lipinski definition) is 2. The molecule has 1 aromatic carbocycles. The maximum Gasteiger partial charge on any atom is 0.347 e. The fraction of sp³-hybridized carbons (Fsp3) is 0.240. The van der Waals surface area contributed by atoms with E-state index in [1.807, 2.05) is 43.5 Å². The minimum atomic E-state index is -0.742. The van der Waals surface area contributed by atoms with Gasteiger partial charge in [-0.1, -0.05) is 0 Å². The van der Waals surface area contributed by atoms with Crippen molar-refractivity contribution in [1.82, 2.24) is 9.97 Å². The van der Waals surface area contributed by atoms with Crippen LogP contribution in [0.2, 0.25) is 0 Å². The van der Waals surface area contributed by atoms with Gasteiger partial charge in [0.25, 0.3) is 0 Å². The van der Waals surface area contributed by atoms with Gasteiger partial charge in [0.05, 0.1) is 13.2 Å². The number of pyridine rings is 1. The molecule has 176 valence electrons. The molecule has 0 bridgehead atoms. The molecule has 3 aromatic rings. The molecule has 1 aliphatic rings. The summed E-state index contributed by atoms with van der Waals surface area (Å²) >= 11 is 1.71. The maximum absolute atomic E-state index is 13.1. The molecule has 0 aliphatic carbocycles. The van der Waals surface area contributed by atoms with Gasteiger partial charge in [-0.3, -0.25) is 4.79 Å². The second-order valence-corrected chi connectivity index (χ2v) is 8.44. The number of aromatic nitrogens is 2. The molecule has 4 rings (SSSR count). The highest BCUT2D eigenvalue weighted by atomic mass is 32.2. The predicted molar refractivity (Wildman–Crippen MR) is 133 cm³/mol. The van der Waals surface area contributed by atoms with Crippen LogP contribution >= 0.6 is 11.8 Å². The van der Waals surface area contributed by atoms with Crippen molar-refractivity contribution in [2.75, 3.05) is 30.5 Å². The van der Waals surface area contributed by atoms with Gasteiger partial charge < -0.3 is 24.5 Å². The van der Waals surface area contributed by atoms with Crippen molar-refractivity contribution in [2.24, 2.45) is 0 Å². The van der Waals surface area contributed by atoms with Crippen molar-refractivity contribution in [3.05, 3.63) is 71.1 Å². The Labute approximate surface area is 201 Å². The van der Waals surface area contributed by atoms with Gasteiger partial charge in [-0.05, 0) is 62.1 Å². The zero-order valence-corrected chi connectivity index (χ0v) is 20.0. The summed E-state index contributed by atoms with van der Waals surface area (Å²) in [6, 6.07) is 9.23. The minimum Gasteiger partial charge on any atom is -0.493 e. The average Bonchev–Trinajstić information content (AvgIpc) is 3.37. The number of aryl methyl sites for hydroxylation is 1. The van der Waals surface area contributed by atoms with E-state index < -0.39 is 11.8 Å². The number of benzene rings is 1. The van der Waals surface area contributed by atoms with Crippen molar-refractivity contribution in [3.63, 3.8) is 0 Å². The number of carbonyl (C=O) groups excluding carboxylic acids is 2. The van der Waals surface area contributed by atoms with Gasteiger partial charge in [-0.2, -0.15) is 11.8 Å². The van der Waals surface area contributed by atoms with E-state index in [1.165, 1.54) is 0 Å². The highest BCUT2D eigenvalue weighted by Crippen LogP contribution is 2.31. The monoisotopic (exact) mass is 479 g/mol. The summed E-state index contributed by atoms with van der Waals surface area (Å²) in [5.41, 5.74) is 2.78. The number of Topliss-reactive ketones (excluding diaryl/α,β-unsaturated/α-hetero) is 1. The first-order valence-corrected chi connectivity index (χ1v) is 12.2. The number of allylic oxidation sites excluding steroid dienone is 1. The van der Waals surface area contributed by atoms with Gasteiger partial charge in [-0.25, -0.2) is 9.78 Å². The smallest absolute Gasteiger partial charge is 0.347 e. The lowest BCUT2D eigenvalue weighted by Gasteiger charge is -2.13. The summed E-state index contributed by atoms with van der Waals surface area (Å²) in [5, 5.41) is 3.92. The topological polar surface area (TPSA) is 103 Å². The normalized spacial score (nSPS) is 14.6. The number of ketones is 1. The Morgan fingerprint density at radius 2 is 2.18 bits per heavy atom. The molecule has 3 heterocycles. The Morgan fingerprint density at radius 3 is 2.94 bits per heavy atom. The third-order valence-electron chi connectivity index (χ3n) is 5.14. The molecule has 0 saturated heterocycles. The van der Waals surface area contributed by atoms with Gasteiger partial charge >= 0.3 is 5.97 Å². The lowest BCUT2D eigenvalue weighted by Crippen LogP contribution is -2.16. The Kier molecular flexibility index (Phi) is 7.22. The van der Waals surface area contributed by atoms with Crippen LogP contribution in [0, 0.1) is 6.92 Å². The molecule has 0 saturated carbocycles. The maximum atomic E-state index is 13.1. The number of H-pyrrole nitrogens is 1. The predicted octanol–water partition coefficient (Wildman–Crippen LogP) is 4.44. The van der Waals surface area contributed by atoms with Crippen LogP contribution < -0.4 is 10.1 Å².